The molecule has 1 rings (SSSR count). The maximum Gasteiger partial charge on any atom is 0.0615 e. The molecule has 0 aliphatic heterocycles. The van der Waals surface area contributed by atoms with Gasteiger partial charge in [0.05, 0.1) is 6.61 Å². The zero-order valence-corrected chi connectivity index (χ0v) is 11.1. The zero-order valence-electron chi connectivity index (χ0n) is 11.1. The maximum atomic E-state index is 5.73. The van der Waals surface area contributed by atoms with Crippen molar-refractivity contribution in [2.75, 3.05) is 27.3 Å². The van der Waals surface area contributed by atoms with Gasteiger partial charge in [0.25, 0.3) is 0 Å². The standard InChI is InChI=1S/C14H24N2O/c1-12(11-17-3)16(2)9-8-13-6-4-5-7-14(13)10-15/h4-7,12H,8-11,15H2,1-3H3. The topological polar surface area (TPSA) is 38.5 Å². The second kappa shape index (κ2) is 7.43. The number of hydrogen-bond donors (Lipinski definition) is 1. The molecule has 1 aromatic carbocycles. The Morgan fingerprint density at radius 2 is 1.94 bits per heavy atom. The van der Waals surface area contributed by atoms with Gasteiger partial charge in [0, 0.05) is 26.2 Å². The summed E-state index contributed by atoms with van der Waals surface area (Å²) in [4.78, 5) is 2.32. The quantitative estimate of drug-likeness (QED) is 0.782. The highest BCUT2D eigenvalue weighted by Crippen LogP contribution is 2.09. The molecule has 0 heterocycles. The van der Waals surface area contributed by atoms with E-state index in [1.165, 1.54) is 11.1 Å². The molecule has 0 amide bonds. The van der Waals surface area contributed by atoms with E-state index in [-0.39, 0.29) is 0 Å². The van der Waals surface area contributed by atoms with Crippen molar-refractivity contribution in [1.29, 1.82) is 0 Å². The Hall–Kier alpha value is -0.900. The van der Waals surface area contributed by atoms with Crippen molar-refractivity contribution in [1.82, 2.24) is 4.90 Å². The Balaban J connectivity index is 2.49. The predicted octanol–water partition coefficient (Wildman–Crippen LogP) is 1.65. The van der Waals surface area contributed by atoms with Gasteiger partial charge in [-0.05, 0) is 31.5 Å². The average Bonchev–Trinajstić information content (AvgIpc) is 2.36. The van der Waals surface area contributed by atoms with Crippen molar-refractivity contribution >= 4 is 0 Å². The Morgan fingerprint density at radius 3 is 2.53 bits per heavy atom. The first-order valence-electron chi connectivity index (χ1n) is 6.15. The molecule has 96 valence electrons. The summed E-state index contributed by atoms with van der Waals surface area (Å²) in [5, 5.41) is 0. The predicted molar refractivity (Wildman–Crippen MR) is 72.0 cm³/mol. The van der Waals surface area contributed by atoms with Crippen LogP contribution in [0.4, 0.5) is 0 Å². The van der Waals surface area contributed by atoms with E-state index in [1.54, 1.807) is 7.11 Å². The van der Waals surface area contributed by atoms with Crippen molar-refractivity contribution in [3.8, 4) is 0 Å². The molecular formula is C14H24N2O. The smallest absolute Gasteiger partial charge is 0.0615 e. The minimum absolute atomic E-state index is 0.449. The van der Waals surface area contributed by atoms with Gasteiger partial charge >= 0.3 is 0 Å². The molecule has 3 heteroatoms. The van der Waals surface area contributed by atoms with Crippen molar-refractivity contribution in [2.45, 2.75) is 25.9 Å². The third-order valence-corrected chi connectivity index (χ3v) is 3.23. The molecule has 17 heavy (non-hydrogen) atoms. The molecule has 0 aliphatic carbocycles. The van der Waals surface area contributed by atoms with Gasteiger partial charge in [0.15, 0.2) is 0 Å². The summed E-state index contributed by atoms with van der Waals surface area (Å²) < 4.78 is 5.16. The summed E-state index contributed by atoms with van der Waals surface area (Å²) in [6.45, 7) is 4.60. The molecule has 1 atom stereocenters. The van der Waals surface area contributed by atoms with E-state index in [0.29, 0.717) is 12.6 Å². The first-order chi connectivity index (χ1) is 8.19. The van der Waals surface area contributed by atoms with E-state index >= 15 is 0 Å². The van der Waals surface area contributed by atoms with Crippen LogP contribution in [0.2, 0.25) is 0 Å². The first kappa shape index (κ1) is 14.2. The summed E-state index contributed by atoms with van der Waals surface area (Å²) in [7, 11) is 3.88. The lowest BCUT2D eigenvalue weighted by Crippen LogP contribution is -2.34. The monoisotopic (exact) mass is 236 g/mol. The highest BCUT2D eigenvalue weighted by molar-refractivity contribution is 5.27. The van der Waals surface area contributed by atoms with Gasteiger partial charge < -0.3 is 15.4 Å². The number of likely N-dealkylation sites (N-methyl/N-ethyl adjacent to an activating group) is 1. The minimum atomic E-state index is 0.449. The van der Waals surface area contributed by atoms with Gasteiger partial charge in [-0.15, -0.1) is 0 Å². The maximum absolute atomic E-state index is 5.73. The van der Waals surface area contributed by atoms with Crippen molar-refractivity contribution in [3.63, 3.8) is 0 Å². The molecule has 0 spiro atoms. The van der Waals surface area contributed by atoms with Crippen LogP contribution < -0.4 is 5.73 Å². The Morgan fingerprint density at radius 1 is 1.29 bits per heavy atom. The second-order valence-corrected chi connectivity index (χ2v) is 4.51. The minimum Gasteiger partial charge on any atom is -0.383 e. The molecule has 0 aliphatic rings. The van der Waals surface area contributed by atoms with E-state index in [2.05, 4.69) is 37.1 Å². The first-order valence-corrected chi connectivity index (χ1v) is 6.15. The van der Waals surface area contributed by atoms with Gasteiger partial charge in [-0.2, -0.15) is 0 Å². The highest BCUT2D eigenvalue weighted by Gasteiger charge is 2.09. The van der Waals surface area contributed by atoms with Gasteiger partial charge in [0.2, 0.25) is 0 Å². The molecule has 0 saturated carbocycles. The lowest BCUT2D eigenvalue weighted by atomic mass is 10.0. The van der Waals surface area contributed by atoms with Crippen LogP contribution in [0, 0.1) is 0 Å². The lowest BCUT2D eigenvalue weighted by molar-refractivity contribution is 0.116. The van der Waals surface area contributed by atoms with Crippen LogP contribution in [-0.4, -0.2) is 38.3 Å². The van der Waals surface area contributed by atoms with Gasteiger partial charge in [-0.1, -0.05) is 24.3 Å². The summed E-state index contributed by atoms with van der Waals surface area (Å²) in [6, 6.07) is 8.84. The van der Waals surface area contributed by atoms with Crippen molar-refractivity contribution in [2.24, 2.45) is 5.73 Å². The Labute approximate surface area is 105 Å². The number of benzene rings is 1. The number of nitrogens with zero attached hydrogens (tertiary/aromatic N) is 1. The third-order valence-electron chi connectivity index (χ3n) is 3.23. The molecule has 0 aromatic heterocycles. The molecule has 3 nitrogen and oxygen atoms in total. The van der Waals surface area contributed by atoms with Crippen LogP contribution in [0.25, 0.3) is 0 Å². The third kappa shape index (κ3) is 4.46. The van der Waals surface area contributed by atoms with Gasteiger partial charge in [0.1, 0.15) is 0 Å². The molecule has 2 N–H and O–H groups in total. The van der Waals surface area contributed by atoms with Crippen LogP contribution in [0.3, 0.4) is 0 Å². The van der Waals surface area contributed by atoms with E-state index in [9.17, 15) is 0 Å². The van der Waals surface area contributed by atoms with Gasteiger partial charge in [-0.25, -0.2) is 0 Å². The number of rotatable bonds is 7. The molecule has 0 radical (unpaired) electrons. The number of hydrogen-bond acceptors (Lipinski definition) is 3. The van der Waals surface area contributed by atoms with Gasteiger partial charge in [-0.3, -0.25) is 0 Å². The number of methoxy groups -OCH3 is 1. The van der Waals surface area contributed by atoms with Crippen LogP contribution in [0.1, 0.15) is 18.1 Å². The highest BCUT2D eigenvalue weighted by atomic mass is 16.5. The zero-order chi connectivity index (χ0) is 12.7. The van der Waals surface area contributed by atoms with Crippen LogP contribution in [0.15, 0.2) is 24.3 Å². The number of nitrogens with two attached hydrogens (primary N) is 1. The largest absolute Gasteiger partial charge is 0.383 e. The fraction of sp³-hybridized carbons (Fsp3) is 0.571. The average molecular weight is 236 g/mol. The van der Waals surface area contributed by atoms with E-state index in [1.807, 2.05) is 6.07 Å². The van der Waals surface area contributed by atoms with Crippen molar-refractivity contribution < 1.29 is 4.74 Å². The Kier molecular flexibility index (Phi) is 6.19. The van der Waals surface area contributed by atoms with Crippen LogP contribution in [0.5, 0.6) is 0 Å². The normalized spacial score (nSPS) is 13.0. The summed E-state index contributed by atoms with van der Waals surface area (Å²) in [6.07, 6.45) is 1.04. The lowest BCUT2D eigenvalue weighted by Gasteiger charge is -2.24. The molecular weight excluding hydrogens is 212 g/mol. The fourth-order valence-corrected chi connectivity index (χ4v) is 1.89. The summed E-state index contributed by atoms with van der Waals surface area (Å²) in [5.74, 6) is 0. The second-order valence-electron chi connectivity index (χ2n) is 4.51. The molecule has 0 saturated heterocycles. The van der Waals surface area contributed by atoms with E-state index < -0.39 is 0 Å². The molecule has 0 bridgehead atoms. The van der Waals surface area contributed by atoms with Crippen LogP contribution in [-0.2, 0) is 17.7 Å². The SMILES string of the molecule is COCC(C)N(C)CCc1ccccc1CN. The molecule has 1 unspecified atom stereocenters. The summed E-state index contributed by atoms with van der Waals surface area (Å²) in [5.41, 5.74) is 8.33. The van der Waals surface area contributed by atoms with Crippen LogP contribution >= 0.6 is 0 Å². The van der Waals surface area contributed by atoms with E-state index in [4.69, 9.17) is 10.5 Å². The Bertz CT molecular complexity index is 328. The number of ether oxygens (including phenoxy) is 1. The molecule has 1 aromatic rings. The summed E-state index contributed by atoms with van der Waals surface area (Å²) >= 11 is 0. The molecule has 0 fully saturated rings. The van der Waals surface area contributed by atoms with Crippen molar-refractivity contribution in [3.05, 3.63) is 35.4 Å². The fourth-order valence-electron chi connectivity index (χ4n) is 1.89. The van der Waals surface area contributed by atoms with E-state index in [0.717, 1.165) is 19.6 Å².